The summed E-state index contributed by atoms with van der Waals surface area (Å²) in [6.45, 7) is 4.33. The molecule has 1 N–H and O–H groups in total. The number of methoxy groups -OCH3 is 1. The average molecular weight is 213 g/mol. The van der Waals surface area contributed by atoms with Gasteiger partial charge < -0.3 is 10.1 Å². The van der Waals surface area contributed by atoms with E-state index in [2.05, 4.69) is 19.2 Å². The summed E-state index contributed by atoms with van der Waals surface area (Å²) >= 11 is 0. The molecule has 0 aromatic heterocycles. The first-order chi connectivity index (χ1) is 7.19. The van der Waals surface area contributed by atoms with Gasteiger partial charge in [-0.05, 0) is 32.1 Å². The molecule has 0 aromatic rings. The number of hydrogen-bond donors (Lipinski definition) is 1. The summed E-state index contributed by atoms with van der Waals surface area (Å²) in [7, 11) is 1.47. The van der Waals surface area contributed by atoms with Gasteiger partial charge in [0, 0.05) is 6.04 Å². The average Bonchev–Trinajstić information content (AvgIpc) is 3.05. The van der Waals surface area contributed by atoms with Gasteiger partial charge in [-0.2, -0.15) is 0 Å². The minimum atomic E-state index is -0.0964. The van der Waals surface area contributed by atoms with Crippen LogP contribution in [-0.2, 0) is 9.53 Å². The normalized spacial score (nSPS) is 19.7. The molecule has 2 unspecified atom stereocenters. The van der Waals surface area contributed by atoms with Crippen molar-refractivity contribution in [2.75, 3.05) is 7.11 Å². The van der Waals surface area contributed by atoms with E-state index >= 15 is 0 Å². The van der Waals surface area contributed by atoms with Crippen molar-refractivity contribution in [2.24, 2.45) is 5.92 Å². The lowest BCUT2D eigenvalue weighted by atomic mass is 10.1. The highest BCUT2D eigenvalue weighted by molar-refractivity contribution is 5.76. The zero-order chi connectivity index (χ0) is 11.3. The maximum absolute atomic E-state index is 11.5. The molecule has 15 heavy (non-hydrogen) atoms. The molecule has 3 heteroatoms. The highest BCUT2D eigenvalue weighted by atomic mass is 16.5. The summed E-state index contributed by atoms with van der Waals surface area (Å²) in [5, 5.41) is 3.39. The highest BCUT2D eigenvalue weighted by Crippen LogP contribution is 2.33. The summed E-state index contributed by atoms with van der Waals surface area (Å²) in [5.74, 6) is 0.419. The van der Waals surface area contributed by atoms with Gasteiger partial charge >= 0.3 is 5.97 Å². The molecule has 1 fully saturated rings. The second kappa shape index (κ2) is 6.11. The summed E-state index contributed by atoms with van der Waals surface area (Å²) in [6.07, 6.45) is 5.88. The molecule has 0 aromatic carbocycles. The number of unbranched alkanes of at least 4 members (excludes halogenated alkanes) is 1. The van der Waals surface area contributed by atoms with Crippen molar-refractivity contribution in [3.05, 3.63) is 0 Å². The van der Waals surface area contributed by atoms with E-state index in [0.29, 0.717) is 12.0 Å². The van der Waals surface area contributed by atoms with E-state index in [9.17, 15) is 4.79 Å². The molecule has 1 aliphatic carbocycles. The van der Waals surface area contributed by atoms with Gasteiger partial charge in [-0.25, -0.2) is 0 Å². The van der Waals surface area contributed by atoms with Gasteiger partial charge in [0.05, 0.1) is 7.11 Å². The molecule has 1 aliphatic rings. The van der Waals surface area contributed by atoms with Crippen molar-refractivity contribution < 1.29 is 9.53 Å². The number of carbonyl (C=O) groups is 1. The Hall–Kier alpha value is -0.570. The van der Waals surface area contributed by atoms with E-state index in [-0.39, 0.29) is 12.0 Å². The number of hydrogen-bond acceptors (Lipinski definition) is 3. The molecule has 0 bridgehead atoms. The van der Waals surface area contributed by atoms with E-state index < -0.39 is 0 Å². The van der Waals surface area contributed by atoms with Crippen LogP contribution in [0.1, 0.15) is 46.0 Å². The van der Waals surface area contributed by atoms with Crippen LogP contribution in [0.4, 0.5) is 0 Å². The smallest absolute Gasteiger partial charge is 0.323 e. The molecular weight excluding hydrogens is 190 g/mol. The minimum absolute atomic E-state index is 0.0677. The van der Waals surface area contributed by atoms with Crippen LogP contribution in [0, 0.1) is 5.92 Å². The first-order valence-corrected chi connectivity index (χ1v) is 6.03. The number of esters is 1. The van der Waals surface area contributed by atoms with Gasteiger partial charge in [-0.15, -0.1) is 0 Å². The van der Waals surface area contributed by atoms with Crippen molar-refractivity contribution in [1.29, 1.82) is 0 Å². The Kier molecular flexibility index (Phi) is 5.09. The second-order valence-corrected chi connectivity index (χ2v) is 4.55. The predicted octanol–water partition coefficient (Wildman–Crippen LogP) is 2.11. The van der Waals surface area contributed by atoms with E-state index in [1.807, 2.05) is 0 Å². The molecular formula is C12H23NO2. The maximum Gasteiger partial charge on any atom is 0.323 e. The van der Waals surface area contributed by atoms with E-state index in [1.165, 1.54) is 20.0 Å². The molecule has 0 saturated heterocycles. The van der Waals surface area contributed by atoms with Crippen LogP contribution in [0.2, 0.25) is 0 Å². The number of ether oxygens (including phenoxy) is 1. The first kappa shape index (κ1) is 12.5. The Morgan fingerprint density at radius 1 is 1.53 bits per heavy atom. The number of rotatable bonds is 7. The van der Waals surface area contributed by atoms with Crippen molar-refractivity contribution in [3.8, 4) is 0 Å². The fourth-order valence-electron chi connectivity index (χ4n) is 1.85. The summed E-state index contributed by atoms with van der Waals surface area (Å²) in [6, 6.07) is 0.344. The third-order valence-electron chi connectivity index (χ3n) is 3.00. The molecule has 2 atom stereocenters. The lowest BCUT2D eigenvalue weighted by Gasteiger charge is -2.21. The standard InChI is InChI=1S/C12H23NO2/c1-4-5-6-9(2)13-11(10-7-8-10)12(14)15-3/h9-11,13H,4-8H2,1-3H3. The lowest BCUT2D eigenvalue weighted by Crippen LogP contribution is -2.44. The topological polar surface area (TPSA) is 38.3 Å². The molecule has 0 heterocycles. The maximum atomic E-state index is 11.5. The van der Waals surface area contributed by atoms with Gasteiger partial charge in [0.2, 0.25) is 0 Å². The molecule has 3 nitrogen and oxygen atoms in total. The van der Waals surface area contributed by atoms with Gasteiger partial charge in [-0.3, -0.25) is 4.79 Å². The van der Waals surface area contributed by atoms with Crippen molar-refractivity contribution in [2.45, 2.75) is 58.0 Å². The van der Waals surface area contributed by atoms with Crippen LogP contribution in [0.15, 0.2) is 0 Å². The Labute approximate surface area is 92.6 Å². The molecule has 1 rings (SSSR count). The molecule has 1 saturated carbocycles. The number of nitrogens with one attached hydrogen (secondary N) is 1. The van der Waals surface area contributed by atoms with Crippen LogP contribution in [0.5, 0.6) is 0 Å². The van der Waals surface area contributed by atoms with Crippen LogP contribution >= 0.6 is 0 Å². The molecule has 0 spiro atoms. The van der Waals surface area contributed by atoms with Crippen LogP contribution in [-0.4, -0.2) is 25.2 Å². The third-order valence-corrected chi connectivity index (χ3v) is 3.00. The zero-order valence-electron chi connectivity index (χ0n) is 10.1. The third kappa shape index (κ3) is 4.20. The molecule has 0 aliphatic heterocycles. The van der Waals surface area contributed by atoms with Crippen molar-refractivity contribution >= 4 is 5.97 Å². The fourth-order valence-corrected chi connectivity index (χ4v) is 1.85. The Bertz CT molecular complexity index is 202. The van der Waals surface area contributed by atoms with Crippen LogP contribution in [0.3, 0.4) is 0 Å². The second-order valence-electron chi connectivity index (χ2n) is 4.55. The summed E-state index contributed by atoms with van der Waals surface area (Å²) < 4.78 is 4.82. The SMILES string of the molecule is CCCCC(C)NC(C(=O)OC)C1CC1. The predicted molar refractivity (Wildman–Crippen MR) is 60.7 cm³/mol. The lowest BCUT2D eigenvalue weighted by molar-refractivity contribution is -0.144. The Morgan fingerprint density at radius 2 is 2.20 bits per heavy atom. The highest BCUT2D eigenvalue weighted by Gasteiger charge is 2.37. The monoisotopic (exact) mass is 213 g/mol. The van der Waals surface area contributed by atoms with E-state index in [1.54, 1.807) is 0 Å². The zero-order valence-corrected chi connectivity index (χ0v) is 10.1. The molecule has 88 valence electrons. The van der Waals surface area contributed by atoms with Gasteiger partial charge in [0.15, 0.2) is 0 Å². The van der Waals surface area contributed by atoms with Gasteiger partial charge in [-0.1, -0.05) is 19.8 Å². The Morgan fingerprint density at radius 3 is 2.67 bits per heavy atom. The minimum Gasteiger partial charge on any atom is -0.468 e. The van der Waals surface area contributed by atoms with Crippen LogP contribution < -0.4 is 5.32 Å². The van der Waals surface area contributed by atoms with Crippen molar-refractivity contribution in [3.63, 3.8) is 0 Å². The van der Waals surface area contributed by atoms with E-state index in [4.69, 9.17) is 4.74 Å². The molecule has 0 radical (unpaired) electrons. The largest absolute Gasteiger partial charge is 0.468 e. The Balaban J connectivity index is 2.33. The molecule has 0 amide bonds. The fraction of sp³-hybridized carbons (Fsp3) is 0.917. The first-order valence-electron chi connectivity index (χ1n) is 6.03. The quantitative estimate of drug-likeness (QED) is 0.658. The number of carbonyl (C=O) groups excluding carboxylic acids is 1. The van der Waals surface area contributed by atoms with E-state index in [0.717, 1.165) is 19.3 Å². The van der Waals surface area contributed by atoms with Gasteiger partial charge in [0.25, 0.3) is 0 Å². The van der Waals surface area contributed by atoms with Crippen LogP contribution in [0.25, 0.3) is 0 Å². The summed E-state index contributed by atoms with van der Waals surface area (Å²) in [5.41, 5.74) is 0. The van der Waals surface area contributed by atoms with Gasteiger partial charge in [0.1, 0.15) is 6.04 Å². The summed E-state index contributed by atoms with van der Waals surface area (Å²) in [4.78, 5) is 11.5. The van der Waals surface area contributed by atoms with Crippen molar-refractivity contribution in [1.82, 2.24) is 5.32 Å².